The van der Waals surface area contributed by atoms with Crippen LogP contribution >= 0.6 is 11.6 Å². The summed E-state index contributed by atoms with van der Waals surface area (Å²) in [6.45, 7) is 4.26. The van der Waals surface area contributed by atoms with Crippen LogP contribution in [-0.2, 0) is 5.88 Å². The molecule has 0 aliphatic heterocycles. The molecule has 0 aromatic carbocycles. The molecule has 0 atom stereocenters. The van der Waals surface area contributed by atoms with E-state index in [1.165, 1.54) is 5.56 Å². The molecule has 1 aromatic rings. The molecule has 1 nitrogen and oxygen atoms in total. The van der Waals surface area contributed by atoms with Crippen LogP contribution in [0, 0.1) is 0 Å². The summed E-state index contributed by atoms with van der Waals surface area (Å²) in [5, 5.41) is 0. The summed E-state index contributed by atoms with van der Waals surface area (Å²) in [5.74, 6) is 1.85. The first-order valence-corrected chi connectivity index (χ1v) is 3.90. The van der Waals surface area contributed by atoms with E-state index in [2.05, 4.69) is 13.8 Å². The lowest BCUT2D eigenvalue weighted by Gasteiger charge is -1.95. The summed E-state index contributed by atoms with van der Waals surface area (Å²) in [4.78, 5) is 0. The second kappa shape index (κ2) is 3.11. The van der Waals surface area contributed by atoms with Gasteiger partial charge in [-0.2, -0.15) is 0 Å². The molecule has 0 saturated carbocycles. The molecular weight excluding hydrogens is 148 g/mol. The molecule has 0 bridgehead atoms. The maximum Gasteiger partial charge on any atom is 0.118 e. The molecule has 56 valence electrons. The Labute approximate surface area is 66.0 Å². The molecule has 2 heteroatoms. The Morgan fingerprint density at radius 2 is 2.30 bits per heavy atom. The van der Waals surface area contributed by atoms with Crippen molar-refractivity contribution in [2.45, 2.75) is 25.6 Å². The highest BCUT2D eigenvalue weighted by molar-refractivity contribution is 6.16. The van der Waals surface area contributed by atoms with Crippen LogP contribution in [0.25, 0.3) is 0 Å². The van der Waals surface area contributed by atoms with Crippen molar-refractivity contribution in [3.8, 4) is 0 Å². The second-order valence-electron chi connectivity index (χ2n) is 2.63. The molecule has 0 fully saturated rings. The highest BCUT2D eigenvalue weighted by Crippen LogP contribution is 2.18. The number of halogens is 1. The smallest absolute Gasteiger partial charge is 0.118 e. The lowest BCUT2D eigenvalue weighted by atomic mass is 10.1. The molecule has 0 aliphatic rings. The van der Waals surface area contributed by atoms with Crippen molar-refractivity contribution in [3.63, 3.8) is 0 Å². The van der Waals surface area contributed by atoms with Crippen molar-refractivity contribution >= 4 is 11.6 Å². The Morgan fingerprint density at radius 3 is 2.60 bits per heavy atom. The van der Waals surface area contributed by atoms with Crippen LogP contribution in [0.3, 0.4) is 0 Å². The lowest BCUT2D eigenvalue weighted by Crippen LogP contribution is -1.80. The number of hydrogen-bond acceptors (Lipinski definition) is 1. The topological polar surface area (TPSA) is 13.1 Å². The Hall–Kier alpha value is -0.430. The van der Waals surface area contributed by atoms with Crippen molar-refractivity contribution in [1.82, 2.24) is 0 Å². The van der Waals surface area contributed by atoms with E-state index < -0.39 is 0 Å². The largest absolute Gasteiger partial charge is 0.468 e. The first-order valence-electron chi connectivity index (χ1n) is 3.37. The summed E-state index contributed by atoms with van der Waals surface area (Å²) in [6.07, 6.45) is 1.77. The SMILES string of the molecule is CC(C)c1coc(CCl)c1. The molecule has 0 amide bonds. The Kier molecular flexibility index (Phi) is 2.39. The summed E-state index contributed by atoms with van der Waals surface area (Å²) in [5.41, 5.74) is 1.22. The standard InChI is InChI=1S/C8H11ClO/c1-6(2)7-3-8(4-9)10-5-7/h3,5-6H,4H2,1-2H3. The zero-order valence-electron chi connectivity index (χ0n) is 6.23. The fourth-order valence-electron chi connectivity index (χ4n) is 0.770. The van der Waals surface area contributed by atoms with Crippen LogP contribution < -0.4 is 0 Å². The minimum Gasteiger partial charge on any atom is -0.468 e. The van der Waals surface area contributed by atoms with Crippen molar-refractivity contribution in [1.29, 1.82) is 0 Å². The van der Waals surface area contributed by atoms with Crippen LogP contribution in [0.1, 0.15) is 31.1 Å². The van der Waals surface area contributed by atoms with Gasteiger partial charge in [0.2, 0.25) is 0 Å². The lowest BCUT2D eigenvalue weighted by molar-refractivity contribution is 0.525. The third kappa shape index (κ3) is 1.54. The van der Waals surface area contributed by atoms with Crippen LogP contribution in [0.2, 0.25) is 0 Å². The van der Waals surface area contributed by atoms with Gasteiger partial charge in [-0.05, 0) is 17.5 Å². The van der Waals surface area contributed by atoms with Gasteiger partial charge in [-0.25, -0.2) is 0 Å². The summed E-state index contributed by atoms with van der Waals surface area (Å²) in [7, 11) is 0. The van der Waals surface area contributed by atoms with Crippen molar-refractivity contribution < 1.29 is 4.42 Å². The Morgan fingerprint density at radius 1 is 1.60 bits per heavy atom. The van der Waals surface area contributed by atoms with Gasteiger partial charge in [0.15, 0.2) is 0 Å². The molecule has 0 saturated heterocycles. The third-order valence-electron chi connectivity index (χ3n) is 1.47. The molecule has 1 aromatic heterocycles. The predicted molar refractivity (Wildman–Crippen MR) is 42.4 cm³/mol. The Bertz CT molecular complexity index is 203. The van der Waals surface area contributed by atoms with E-state index in [1.54, 1.807) is 6.26 Å². The Balaban J connectivity index is 2.78. The quantitative estimate of drug-likeness (QED) is 0.603. The third-order valence-corrected chi connectivity index (χ3v) is 1.74. The van der Waals surface area contributed by atoms with Crippen LogP contribution in [-0.4, -0.2) is 0 Å². The number of hydrogen-bond donors (Lipinski definition) is 0. The molecule has 0 aliphatic carbocycles. The molecule has 0 spiro atoms. The van der Waals surface area contributed by atoms with Crippen LogP contribution in [0.5, 0.6) is 0 Å². The monoisotopic (exact) mass is 158 g/mol. The van der Waals surface area contributed by atoms with Gasteiger partial charge >= 0.3 is 0 Å². The second-order valence-corrected chi connectivity index (χ2v) is 2.90. The average Bonchev–Trinajstić information content (AvgIpc) is 2.34. The minimum absolute atomic E-state index is 0.465. The zero-order chi connectivity index (χ0) is 7.56. The van der Waals surface area contributed by atoms with Gasteiger partial charge < -0.3 is 4.42 Å². The highest BCUT2D eigenvalue weighted by atomic mass is 35.5. The van der Waals surface area contributed by atoms with Gasteiger partial charge in [0, 0.05) is 0 Å². The van der Waals surface area contributed by atoms with Crippen LogP contribution in [0.15, 0.2) is 16.7 Å². The van der Waals surface area contributed by atoms with Gasteiger partial charge in [-0.15, -0.1) is 11.6 Å². The molecule has 1 rings (SSSR count). The molecule has 10 heavy (non-hydrogen) atoms. The van der Waals surface area contributed by atoms with E-state index in [4.69, 9.17) is 16.0 Å². The molecule has 0 unspecified atom stereocenters. The maximum atomic E-state index is 5.55. The predicted octanol–water partition coefficient (Wildman–Crippen LogP) is 3.14. The maximum absolute atomic E-state index is 5.55. The highest BCUT2D eigenvalue weighted by Gasteiger charge is 2.02. The summed E-state index contributed by atoms with van der Waals surface area (Å²) < 4.78 is 5.14. The molecule has 0 radical (unpaired) electrons. The van der Waals surface area contributed by atoms with E-state index in [1.807, 2.05) is 6.07 Å². The van der Waals surface area contributed by atoms with E-state index in [-0.39, 0.29) is 0 Å². The van der Waals surface area contributed by atoms with E-state index >= 15 is 0 Å². The van der Waals surface area contributed by atoms with Gasteiger partial charge in [-0.1, -0.05) is 13.8 Å². The van der Waals surface area contributed by atoms with E-state index in [0.717, 1.165) is 5.76 Å². The zero-order valence-corrected chi connectivity index (χ0v) is 6.98. The summed E-state index contributed by atoms with van der Waals surface area (Å²) >= 11 is 5.55. The normalized spacial score (nSPS) is 10.8. The number of furan rings is 1. The first-order chi connectivity index (χ1) is 4.74. The van der Waals surface area contributed by atoms with Crippen molar-refractivity contribution in [2.75, 3.05) is 0 Å². The van der Waals surface area contributed by atoms with Gasteiger partial charge in [-0.3, -0.25) is 0 Å². The molecular formula is C8H11ClO. The number of alkyl halides is 1. The van der Waals surface area contributed by atoms with Crippen molar-refractivity contribution in [3.05, 3.63) is 23.7 Å². The van der Waals surface area contributed by atoms with Gasteiger partial charge in [0.25, 0.3) is 0 Å². The van der Waals surface area contributed by atoms with Gasteiger partial charge in [0.1, 0.15) is 5.76 Å². The molecule has 0 N–H and O–H groups in total. The van der Waals surface area contributed by atoms with Crippen molar-refractivity contribution in [2.24, 2.45) is 0 Å². The summed E-state index contributed by atoms with van der Waals surface area (Å²) in [6, 6.07) is 2.00. The van der Waals surface area contributed by atoms with E-state index in [0.29, 0.717) is 11.8 Å². The minimum atomic E-state index is 0.465. The first kappa shape index (κ1) is 7.67. The average molecular weight is 159 g/mol. The van der Waals surface area contributed by atoms with E-state index in [9.17, 15) is 0 Å². The van der Waals surface area contributed by atoms with Gasteiger partial charge in [0.05, 0.1) is 12.1 Å². The molecule has 1 heterocycles. The fourth-order valence-corrected chi connectivity index (χ4v) is 0.911. The van der Waals surface area contributed by atoms with Crippen LogP contribution in [0.4, 0.5) is 0 Å². The fraction of sp³-hybridized carbons (Fsp3) is 0.500. The number of rotatable bonds is 2.